The second-order valence-electron chi connectivity index (χ2n) is 3.45. The van der Waals surface area contributed by atoms with Crippen LogP contribution in [0.2, 0.25) is 0 Å². The first kappa shape index (κ1) is 14.6. The van der Waals surface area contributed by atoms with Crippen molar-refractivity contribution in [1.82, 2.24) is 0 Å². The maximum absolute atomic E-state index is 11.0. The molecule has 1 aromatic rings. The molecule has 0 fully saturated rings. The van der Waals surface area contributed by atoms with Crippen molar-refractivity contribution in [2.24, 2.45) is 0 Å². The molecule has 0 heterocycles. The molecule has 0 atom stereocenters. The fraction of sp³-hybridized carbons (Fsp3) is 0.231. The quantitative estimate of drug-likeness (QED) is 0.618. The highest BCUT2D eigenvalue weighted by Crippen LogP contribution is 2.28. The Morgan fingerprint density at radius 3 is 2.58 bits per heavy atom. The Hall–Kier alpha value is -2.50. The molecule has 0 saturated carbocycles. The van der Waals surface area contributed by atoms with E-state index in [4.69, 9.17) is 14.6 Å². The molecule has 0 aromatic heterocycles. The number of esters is 1. The van der Waals surface area contributed by atoms with E-state index in [1.165, 1.54) is 20.3 Å². The van der Waals surface area contributed by atoms with Crippen molar-refractivity contribution in [3.63, 3.8) is 0 Å². The molecule has 1 rings (SSSR count). The van der Waals surface area contributed by atoms with Crippen LogP contribution in [0.25, 0.3) is 6.08 Å². The Kier molecular flexibility index (Phi) is 5.40. The van der Waals surface area contributed by atoms with E-state index >= 15 is 0 Å². The molecule has 1 N–H and O–H groups in total. The molecule has 19 heavy (non-hydrogen) atoms. The molecule has 0 aliphatic heterocycles. The number of methoxy groups -OCH3 is 2. The molecule has 0 aliphatic rings. The number of carboxylic acid groups (broad SMARTS) is 1. The van der Waals surface area contributed by atoms with E-state index in [9.17, 15) is 9.59 Å². The van der Waals surface area contributed by atoms with Crippen LogP contribution in [-0.2, 0) is 14.3 Å². The summed E-state index contributed by atoms with van der Waals surface area (Å²) in [5.74, 6) is -0.838. The summed E-state index contributed by atoms with van der Waals surface area (Å²) < 4.78 is 14.6. The third-order valence-electron chi connectivity index (χ3n) is 2.15. The van der Waals surface area contributed by atoms with Gasteiger partial charge in [-0.3, -0.25) is 0 Å². The van der Waals surface area contributed by atoms with Crippen LogP contribution in [0.5, 0.6) is 11.5 Å². The van der Waals surface area contributed by atoms with E-state index < -0.39 is 18.5 Å². The summed E-state index contributed by atoms with van der Waals surface area (Å²) in [6.07, 6.45) is 2.82. The molecule has 0 saturated heterocycles. The summed E-state index contributed by atoms with van der Waals surface area (Å²) in [6, 6.07) is 4.86. The van der Waals surface area contributed by atoms with Crippen LogP contribution in [0.15, 0.2) is 24.3 Å². The lowest BCUT2D eigenvalue weighted by Crippen LogP contribution is -2.10. The van der Waals surface area contributed by atoms with Gasteiger partial charge < -0.3 is 19.3 Å². The monoisotopic (exact) mass is 266 g/mol. The first-order valence-corrected chi connectivity index (χ1v) is 5.35. The maximum Gasteiger partial charge on any atom is 0.341 e. The summed E-state index contributed by atoms with van der Waals surface area (Å²) >= 11 is 0. The fourth-order valence-corrected chi connectivity index (χ4v) is 1.28. The lowest BCUT2D eigenvalue weighted by molar-refractivity contribution is -0.139. The minimum absolute atomic E-state index is 0.320. The van der Waals surface area contributed by atoms with Gasteiger partial charge in [0.25, 0.3) is 0 Å². The average Bonchev–Trinajstić information content (AvgIpc) is 2.42. The number of hydrogen-bond acceptors (Lipinski definition) is 5. The van der Waals surface area contributed by atoms with Crippen molar-refractivity contribution in [2.45, 2.75) is 0 Å². The summed E-state index contributed by atoms with van der Waals surface area (Å²) in [5, 5.41) is 8.54. The molecule has 0 amide bonds. The van der Waals surface area contributed by atoms with Gasteiger partial charge in [0.05, 0.1) is 14.2 Å². The predicted octanol–water partition coefficient (Wildman–Crippen LogP) is 1.34. The molecule has 102 valence electrons. The second kappa shape index (κ2) is 7.05. The van der Waals surface area contributed by atoms with Crippen LogP contribution >= 0.6 is 0 Å². The van der Waals surface area contributed by atoms with E-state index in [1.807, 2.05) is 0 Å². The highest BCUT2D eigenvalue weighted by atomic mass is 16.5. The number of ether oxygens (including phenoxy) is 3. The van der Waals surface area contributed by atoms with Gasteiger partial charge in [-0.15, -0.1) is 0 Å². The molecular formula is C13H14O6. The van der Waals surface area contributed by atoms with Crippen molar-refractivity contribution in [2.75, 3.05) is 20.8 Å². The zero-order valence-electron chi connectivity index (χ0n) is 10.6. The first-order valence-electron chi connectivity index (χ1n) is 5.35. The number of hydrogen-bond donors (Lipinski definition) is 1. The minimum atomic E-state index is -1.07. The van der Waals surface area contributed by atoms with Crippen LogP contribution < -0.4 is 9.47 Å². The number of carbonyl (C=O) groups is 2. The molecule has 0 radical (unpaired) electrons. The molecule has 0 aliphatic carbocycles. The Bertz CT molecular complexity index is 492. The number of aliphatic carboxylic acids is 1. The lowest BCUT2D eigenvalue weighted by Gasteiger charge is -2.09. The van der Waals surface area contributed by atoms with E-state index in [0.29, 0.717) is 17.1 Å². The molecule has 0 spiro atoms. The summed E-state index contributed by atoms with van der Waals surface area (Å²) in [6.45, 7) is -0.451. The van der Waals surface area contributed by atoms with Crippen LogP contribution in [-0.4, -0.2) is 37.9 Å². The van der Waals surface area contributed by atoms with Gasteiger partial charge in [-0.1, -0.05) is 6.07 Å². The molecular weight excluding hydrogens is 252 g/mol. The standard InChI is InChI=1S/C13H14O6/c1-17-11-7-9(4-6-13(16)18-2)3-5-10(11)19-8-12(14)15/h3-7H,8H2,1-2H3,(H,14,15)/b6-4+. The third kappa shape index (κ3) is 4.71. The molecule has 6 nitrogen and oxygen atoms in total. The van der Waals surface area contributed by atoms with Crippen LogP contribution in [0.1, 0.15) is 5.56 Å². The van der Waals surface area contributed by atoms with E-state index in [0.717, 1.165) is 0 Å². The van der Waals surface area contributed by atoms with Gasteiger partial charge in [0.1, 0.15) is 0 Å². The van der Waals surface area contributed by atoms with Crippen molar-refractivity contribution in [3.8, 4) is 11.5 Å². The van der Waals surface area contributed by atoms with E-state index in [1.54, 1.807) is 24.3 Å². The van der Waals surface area contributed by atoms with Crippen molar-refractivity contribution in [3.05, 3.63) is 29.8 Å². The fourth-order valence-electron chi connectivity index (χ4n) is 1.28. The highest BCUT2D eigenvalue weighted by molar-refractivity contribution is 5.87. The second-order valence-corrected chi connectivity index (χ2v) is 3.45. The minimum Gasteiger partial charge on any atom is -0.493 e. The Morgan fingerprint density at radius 1 is 1.26 bits per heavy atom. The van der Waals surface area contributed by atoms with Gasteiger partial charge in [-0.2, -0.15) is 0 Å². The summed E-state index contributed by atoms with van der Waals surface area (Å²) in [4.78, 5) is 21.4. The number of carbonyl (C=O) groups excluding carboxylic acids is 1. The maximum atomic E-state index is 11.0. The largest absolute Gasteiger partial charge is 0.493 e. The molecule has 6 heteroatoms. The van der Waals surface area contributed by atoms with Gasteiger partial charge in [-0.05, 0) is 23.8 Å². The normalized spacial score (nSPS) is 10.2. The van der Waals surface area contributed by atoms with Crippen molar-refractivity contribution >= 4 is 18.0 Å². The van der Waals surface area contributed by atoms with E-state index in [2.05, 4.69) is 4.74 Å². The zero-order chi connectivity index (χ0) is 14.3. The van der Waals surface area contributed by atoms with Gasteiger partial charge in [0.2, 0.25) is 0 Å². The zero-order valence-corrected chi connectivity index (χ0v) is 10.6. The number of rotatable bonds is 6. The molecule has 0 unspecified atom stereocenters. The van der Waals surface area contributed by atoms with Gasteiger partial charge in [0.15, 0.2) is 18.1 Å². The Labute approximate surface area is 110 Å². The molecule has 0 bridgehead atoms. The third-order valence-corrected chi connectivity index (χ3v) is 2.15. The van der Waals surface area contributed by atoms with Crippen LogP contribution in [0, 0.1) is 0 Å². The number of benzene rings is 1. The Morgan fingerprint density at radius 2 is 2.00 bits per heavy atom. The van der Waals surface area contributed by atoms with E-state index in [-0.39, 0.29) is 0 Å². The Balaban J connectivity index is 2.86. The van der Waals surface area contributed by atoms with Crippen molar-refractivity contribution < 1.29 is 28.9 Å². The van der Waals surface area contributed by atoms with Crippen molar-refractivity contribution in [1.29, 1.82) is 0 Å². The summed E-state index contributed by atoms with van der Waals surface area (Å²) in [5.41, 5.74) is 0.699. The topological polar surface area (TPSA) is 82.1 Å². The molecule has 1 aromatic carbocycles. The van der Waals surface area contributed by atoms with Gasteiger partial charge in [0, 0.05) is 6.08 Å². The summed E-state index contributed by atoms with van der Waals surface area (Å²) in [7, 11) is 2.73. The SMILES string of the molecule is COC(=O)/C=C/c1ccc(OCC(=O)O)c(OC)c1. The van der Waals surface area contributed by atoms with Gasteiger partial charge >= 0.3 is 11.9 Å². The van der Waals surface area contributed by atoms with Crippen LogP contribution in [0.4, 0.5) is 0 Å². The first-order chi connectivity index (χ1) is 9.06. The number of carboxylic acids is 1. The van der Waals surface area contributed by atoms with Gasteiger partial charge in [-0.25, -0.2) is 9.59 Å². The smallest absolute Gasteiger partial charge is 0.341 e. The highest BCUT2D eigenvalue weighted by Gasteiger charge is 2.07. The van der Waals surface area contributed by atoms with Crippen LogP contribution in [0.3, 0.4) is 0 Å². The average molecular weight is 266 g/mol. The lowest BCUT2D eigenvalue weighted by atomic mass is 10.2. The predicted molar refractivity (Wildman–Crippen MR) is 67.2 cm³/mol.